The van der Waals surface area contributed by atoms with Crippen LogP contribution in [0.3, 0.4) is 0 Å². The summed E-state index contributed by atoms with van der Waals surface area (Å²) in [7, 11) is -4.39. The minimum absolute atomic E-state index is 0.0171. The van der Waals surface area contributed by atoms with Gasteiger partial charge in [0, 0.05) is 16.7 Å². The summed E-state index contributed by atoms with van der Waals surface area (Å²) in [6.45, 7) is 27.2. The van der Waals surface area contributed by atoms with Crippen LogP contribution in [-0.4, -0.2) is 28.8 Å². The molecule has 36 heavy (non-hydrogen) atoms. The van der Waals surface area contributed by atoms with Gasteiger partial charge < -0.3 is 8.85 Å². The molecule has 1 atom stereocenters. The summed E-state index contributed by atoms with van der Waals surface area (Å²) in [6.07, 6.45) is 0. The first-order valence-electron chi connectivity index (χ1n) is 12.7. The third-order valence-corrected chi connectivity index (χ3v) is 16.4. The first kappa shape index (κ1) is 29.9. The topological polar surface area (TPSA) is 18.5 Å². The van der Waals surface area contributed by atoms with Gasteiger partial charge in [-0.15, -0.1) is 0 Å². The van der Waals surface area contributed by atoms with Crippen LogP contribution in [0.2, 0.25) is 36.3 Å². The van der Waals surface area contributed by atoms with E-state index in [1.807, 2.05) is 60.7 Å². The Hall–Kier alpha value is -2.35. The minimum Gasteiger partial charge on any atom is -0.412 e. The van der Waals surface area contributed by atoms with Gasteiger partial charge in [0.2, 0.25) is 0 Å². The maximum Gasteiger partial charge on any atom is 0.194 e. The smallest absolute Gasteiger partial charge is 0.194 e. The van der Waals surface area contributed by atoms with E-state index in [0.717, 1.165) is 11.1 Å². The molecule has 0 unspecified atom stereocenters. The molecule has 0 saturated heterocycles. The molecule has 2 aromatic carbocycles. The zero-order valence-electron chi connectivity index (χ0n) is 24.0. The highest BCUT2D eigenvalue weighted by Crippen LogP contribution is 2.42. The Morgan fingerprint density at radius 2 is 1.17 bits per heavy atom. The van der Waals surface area contributed by atoms with Crippen molar-refractivity contribution < 1.29 is 8.85 Å². The molecular formula is C32H44O2Si2. The molecule has 0 spiro atoms. The Kier molecular flexibility index (Phi) is 9.43. The van der Waals surface area contributed by atoms with Crippen LogP contribution in [0.15, 0.2) is 72.8 Å². The van der Waals surface area contributed by atoms with E-state index in [0.29, 0.717) is 12.2 Å². The number of benzene rings is 2. The molecular weight excluding hydrogens is 473 g/mol. The molecule has 0 aliphatic heterocycles. The molecule has 0 heterocycles. The van der Waals surface area contributed by atoms with Crippen molar-refractivity contribution in [2.75, 3.05) is 6.61 Å². The van der Waals surface area contributed by atoms with Crippen LogP contribution in [-0.2, 0) is 8.85 Å². The van der Waals surface area contributed by atoms with E-state index >= 15 is 0 Å². The molecule has 2 aromatic rings. The first-order chi connectivity index (χ1) is 16.5. The highest BCUT2D eigenvalue weighted by Gasteiger charge is 2.48. The van der Waals surface area contributed by atoms with E-state index in [-0.39, 0.29) is 10.1 Å². The SMILES string of the molecule is C=C(C#Cc1ccccc1)[C@@](C#Cc1ccccc1)(CO[Si](C)(C)C(C)(C)C)O[Si](C)(C)C(C)(C)C. The van der Waals surface area contributed by atoms with Gasteiger partial charge in [0.25, 0.3) is 0 Å². The van der Waals surface area contributed by atoms with E-state index in [4.69, 9.17) is 8.85 Å². The zero-order valence-corrected chi connectivity index (χ0v) is 26.0. The fourth-order valence-electron chi connectivity index (χ4n) is 2.87. The lowest BCUT2D eigenvalue weighted by molar-refractivity contribution is 0.0837. The number of hydrogen-bond acceptors (Lipinski definition) is 2. The van der Waals surface area contributed by atoms with Crippen LogP contribution in [0.25, 0.3) is 0 Å². The molecule has 0 aliphatic carbocycles. The van der Waals surface area contributed by atoms with E-state index in [1.54, 1.807) is 0 Å². The molecule has 2 nitrogen and oxygen atoms in total. The van der Waals surface area contributed by atoms with Gasteiger partial charge in [0.15, 0.2) is 22.2 Å². The van der Waals surface area contributed by atoms with Gasteiger partial charge in [0.05, 0.1) is 6.61 Å². The molecule has 0 N–H and O–H groups in total. The predicted octanol–water partition coefficient (Wildman–Crippen LogP) is 8.43. The van der Waals surface area contributed by atoms with Crippen LogP contribution in [0.4, 0.5) is 0 Å². The molecule has 0 bridgehead atoms. The fraction of sp³-hybridized carbons (Fsp3) is 0.438. The highest BCUT2D eigenvalue weighted by molar-refractivity contribution is 6.74. The molecule has 0 aromatic heterocycles. The van der Waals surface area contributed by atoms with Gasteiger partial charge in [-0.25, -0.2) is 0 Å². The number of hydrogen-bond donors (Lipinski definition) is 0. The van der Waals surface area contributed by atoms with Crippen molar-refractivity contribution >= 4 is 16.6 Å². The largest absolute Gasteiger partial charge is 0.412 e. The zero-order chi connectivity index (χ0) is 27.3. The average Bonchev–Trinajstić information content (AvgIpc) is 2.79. The van der Waals surface area contributed by atoms with Gasteiger partial charge in [0.1, 0.15) is 0 Å². The van der Waals surface area contributed by atoms with Gasteiger partial charge in [-0.2, -0.15) is 0 Å². The summed E-state index contributed by atoms with van der Waals surface area (Å²) in [5, 5.41) is 0.0381. The Morgan fingerprint density at radius 1 is 0.722 bits per heavy atom. The second kappa shape index (κ2) is 11.4. The quantitative estimate of drug-likeness (QED) is 0.283. The molecule has 2 rings (SSSR count). The predicted molar refractivity (Wildman–Crippen MR) is 160 cm³/mol. The van der Waals surface area contributed by atoms with Crippen molar-refractivity contribution in [3.05, 3.63) is 83.9 Å². The molecule has 0 fully saturated rings. The summed E-state index contributed by atoms with van der Waals surface area (Å²) >= 11 is 0. The normalized spacial score (nSPS) is 14.1. The van der Waals surface area contributed by atoms with Crippen molar-refractivity contribution in [2.45, 2.75) is 83.4 Å². The molecule has 0 amide bonds. The van der Waals surface area contributed by atoms with Crippen LogP contribution < -0.4 is 0 Å². The lowest BCUT2D eigenvalue weighted by Gasteiger charge is -2.45. The Bertz CT molecular complexity index is 1150. The van der Waals surface area contributed by atoms with E-state index in [9.17, 15) is 0 Å². The maximum absolute atomic E-state index is 7.13. The van der Waals surface area contributed by atoms with Gasteiger partial charge >= 0.3 is 0 Å². The minimum atomic E-state index is -2.29. The van der Waals surface area contributed by atoms with Gasteiger partial charge in [-0.05, 0) is 60.5 Å². The van der Waals surface area contributed by atoms with E-state index in [2.05, 4.69) is 98.0 Å². The summed E-state index contributed by atoms with van der Waals surface area (Å²) in [5.74, 6) is 13.4. The lowest BCUT2D eigenvalue weighted by Crippen LogP contribution is -2.54. The standard InChI is InChI=1S/C32H44O2Si2/c1-27(22-23-28-18-14-12-15-19-28)32(34-36(10,11)31(5,6)7,25-24-29-20-16-13-17-21-29)26-33-35(8,9)30(2,3)4/h12-21H,1,26H2,2-11H3/t32-/m1/s1. The van der Waals surface area contributed by atoms with Crippen LogP contribution in [0, 0.1) is 23.7 Å². The fourth-order valence-corrected chi connectivity index (χ4v) is 5.27. The second-order valence-corrected chi connectivity index (χ2v) is 22.0. The highest BCUT2D eigenvalue weighted by atomic mass is 28.4. The van der Waals surface area contributed by atoms with Crippen LogP contribution in [0.5, 0.6) is 0 Å². The molecule has 0 saturated carbocycles. The Balaban J connectivity index is 2.68. The van der Waals surface area contributed by atoms with E-state index < -0.39 is 22.2 Å². The second-order valence-electron chi connectivity index (χ2n) is 12.4. The Labute approximate surface area is 222 Å². The average molecular weight is 517 g/mol. The maximum atomic E-state index is 7.13. The lowest BCUT2D eigenvalue weighted by atomic mass is 9.96. The van der Waals surface area contributed by atoms with Crippen molar-refractivity contribution in [3.63, 3.8) is 0 Å². The van der Waals surface area contributed by atoms with E-state index in [1.165, 1.54) is 0 Å². The summed E-state index contributed by atoms with van der Waals surface area (Å²) in [4.78, 5) is 0. The summed E-state index contributed by atoms with van der Waals surface area (Å²) in [6, 6.07) is 20.0. The summed E-state index contributed by atoms with van der Waals surface area (Å²) in [5.41, 5.74) is 1.45. The van der Waals surface area contributed by atoms with Gasteiger partial charge in [-0.3, -0.25) is 0 Å². The van der Waals surface area contributed by atoms with Crippen molar-refractivity contribution in [3.8, 4) is 23.7 Å². The van der Waals surface area contributed by atoms with Crippen LogP contribution in [0.1, 0.15) is 52.7 Å². The molecule has 192 valence electrons. The molecule has 0 radical (unpaired) electrons. The number of rotatable bonds is 6. The monoisotopic (exact) mass is 516 g/mol. The van der Waals surface area contributed by atoms with Crippen molar-refractivity contribution in [1.82, 2.24) is 0 Å². The van der Waals surface area contributed by atoms with Crippen molar-refractivity contribution in [1.29, 1.82) is 0 Å². The summed E-state index contributed by atoms with van der Waals surface area (Å²) < 4.78 is 13.9. The third-order valence-electron chi connectivity index (χ3n) is 7.48. The first-order valence-corrected chi connectivity index (χ1v) is 18.5. The van der Waals surface area contributed by atoms with Crippen molar-refractivity contribution in [2.24, 2.45) is 0 Å². The van der Waals surface area contributed by atoms with Gasteiger partial charge in [-0.1, -0.05) is 108 Å². The Morgan fingerprint density at radius 3 is 1.61 bits per heavy atom. The molecule has 4 heteroatoms. The third kappa shape index (κ3) is 7.82. The van der Waals surface area contributed by atoms with Crippen LogP contribution >= 0.6 is 0 Å². The molecule has 0 aliphatic rings.